The van der Waals surface area contributed by atoms with E-state index in [2.05, 4.69) is 46.5 Å². The van der Waals surface area contributed by atoms with E-state index in [9.17, 15) is 0 Å². The third-order valence-corrected chi connectivity index (χ3v) is 4.30. The van der Waals surface area contributed by atoms with Gasteiger partial charge in [-0.1, -0.05) is 6.92 Å². The highest BCUT2D eigenvalue weighted by Gasteiger charge is 2.13. The summed E-state index contributed by atoms with van der Waals surface area (Å²) in [5.74, 6) is 0. The van der Waals surface area contributed by atoms with Crippen molar-refractivity contribution in [1.29, 1.82) is 0 Å². The minimum Gasteiger partial charge on any atom is -0.382 e. The first-order valence-electron chi connectivity index (χ1n) is 5.64. The van der Waals surface area contributed by atoms with E-state index in [1.165, 1.54) is 9.35 Å². The number of halogens is 1. The zero-order chi connectivity index (χ0) is 12.0. The molecule has 1 aromatic heterocycles. The van der Waals surface area contributed by atoms with Crippen LogP contribution in [0.1, 0.15) is 25.1 Å². The fraction of sp³-hybridized carbons (Fsp3) is 0.667. The van der Waals surface area contributed by atoms with Crippen molar-refractivity contribution in [3.63, 3.8) is 0 Å². The smallest absolute Gasteiger partial charge is 0.0558 e. The van der Waals surface area contributed by atoms with Gasteiger partial charge in [0.2, 0.25) is 0 Å². The van der Waals surface area contributed by atoms with Crippen molar-refractivity contribution in [1.82, 2.24) is 5.32 Å². The highest BCUT2D eigenvalue weighted by atomic mass is 79.9. The van der Waals surface area contributed by atoms with Crippen molar-refractivity contribution >= 4 is 27.3 Å². The van der Waals surface area contributed by atoms with Crippen LogP contribution in [0.15, 0.2) is 15.9 Å². The molecule has 0 aliphatic rings. The fourth-order valence-electron chi connectivity index (χ4n) is 1.73. The molecule has 1 aromatic rings. The summed E-state index contributed by atoms with van der Waals surface area (Å²) in [5.41, 5.74) is 0. The Morgan fingerprint density at radius 2 is 2.31 bits per heavy atom. The molecule has 16 heavy (non-hydrogen) atoms. The maximum absolute atomic E-state index is 5.32. The van der Waals surface area contributed by atoms with Crippen LogP contribution in [0.5, 0.6) is 0 Å². The topological polar surface area (TPSA) is 21.3 Å². The lowest BCUT2D eigenvalue weighted by molar-refractivity contribution is 0.101. The molecule has 4 heteroatoms. The van der Waals surface area contributed by atoms with Crippen molar-refractivity contribution in [3.8, 4) is 0 Å². The molecule has 0 aromatic carbocycles. The van der Waals surface area contributed by atoms with E-state index in [1.54, 1.807) is 7.11 Å². The summed E-state index contributed by atoms with van der Waals surface area (Å²) in [7, 11) is 1.77. The molecule has 0 saturated heterocycles. The van der Waals surface area contributed by atoms with Crippen molar-refractivity contribution < 1.29 is 4.74 Å². The molecule has 1 heterocycles. The maximum Gasteiger partial charge on any atom is 0.0558 e. The minimum atomic E-state index is 0.312. The van der Waals surface area contributed by atoms with E-state index >= 15 is 0 Å². The summed E-state index contributed by atoms with van der Waals surface area (Å²) in [6.07, 6.45) is 2.45. The Hall–Kier alpha value is 0.1000. The Balaban J connectivity index is 2.50. The van der Waals surface area contributed by atoms with Gasteiger partial charge >= 0.3 is 0 Å². The summed E-state index contributed by atoms with van der Waals surface area (Å²) in [6.45, 7) is 5.27. The van der Waals surface area contributed by atoms with E-state index < -0.39 is 0 Å². The first-order valence-corrected chi connectivity index (χ1v) is 7.32. The van der Waals surface area contributed by atoms with Crippen LogP contribution in [0.3, 0.4) is 0 Å². The second-order valence-corrected chi connectivity index (χ2v) is 5.88. The van der Waals surface area contributed by atoms with Gasteiger partial charge in [0.15, 0.2) is 0 Å². The predicted octanol–water partition coefficient (Wildman–Crippen LogP) is 3.46. The lowest BCUT2D eigenvalue weighted by atomic mass is 10.1. The zero-order valence-corrected chi connectivity index (χ0v) is 12.5. The van der Waals surface area contributed by atoms with E-state index in [0.717, 1.165) is 19.4 Å². The zero-order valence-electron chi connectivity index (χ0n) is 10.1. The Kier molecular flexibility index (Phi) is 6.58. The van der Waals surface area contributed by atoms with Crippen molar-refractivity contribution in [3.05, 3.63) is 20.8 Å². The number of hydrogen-bond donors (Lipinski definition) is 1. The highest BCUT2D eigenvalue weighted by molar-refractivity contribution is 9.10. The van der Waals surface area contributed by atoms with E-state index in [4.69, 9.17) is 4.74 Å². The second kappa shape index (κ2) is 7.43. The van der Waals surface area contributed by atoms with Gasteiger partial charge < -0.3 is 10.1 Å². The van der Waals surface area contributed by atoms with Crippen LogP contribution >= 0.6 is 27.3 Å². The third kappa shape index (κ3) is 4.95. The quantitative estimate of drug-likeness (QED) is 0.833. The molecule has 0 radical (unpaired) electrons. The number of likely N-dealkylation sites (N-methyl/N-ethyl adjacent to an activating group) is 1. The van der Waals surface area contributed by atoms with Crippen LogP contribution in [-0.4, -0.2) is 25.8 Å². The average Bonchev–Trinajstić information content (AvgIpc) is 2.64. The molecule has 0 fully saturated rings. The summed E-state index contributed by atoms with van der Waals surface area (Å²) < 4.78 is 6.51. The third-order valence-electron chi connectivity index (χ3n) is 2.58. The number of rotatable bonds is 7. The summed E-state index contributed by atoms with van der Waals surface area (Å²) in [6, 6.07) is 2.71. The van der Waals surface area contributed by atoms with E-state index in [-0.39, 0.29) is 0 Å². The van der Waals surface area contributed by atoms with Crippen molar-refractivity contribution in [2.24, 2.45) is 0 Å². The van der Waals surface area contributed by atoms with Crippen LogP contribution in [0.2, 0.25) is 0 Å². The lowest BCUT2D eigenvalue weighted by Gasteiger charge is -2.20. The monoisotopic (exact) mass is 305 g/mol. The molecule has 0 spiro atoms. The summed E-state index contributed by atoms with van der Waals surface area (Å²) in [5, 5.41) is 5.65. The van der Waals surface area contributed by atoms with Gasteiger partial charge in [-0.25, -0.2) is 0 Å². The standard InChI is InChI=1S/C12H20BrNOS/c1-4-14-11(5-9(2)15-3)7-12-6-10(13)8-16-12/h6,8-9,11,14H,4-5,7H2,1-3H3. The van der Waals surface area contributed by atoms with Gasteiger partial charge in [-0.2, -0.15) is 0 Å². The SMILES string of the molecule is CCNC(Cc1cc(Br)cs1)CC(C)OC. The molecule has 1 rings (SSSR count). The van der Waals surface area contributed by atoms with Gasteiger partial charge in [0.05, 0.1) is 6.10 Å². The van der Waals surface area contributed by atoms with Gasteiger partial charge in [0, 0.05) is 27.9 Å². The Morgan fingerprint density at radius 3 is 2.81 bits per heavy atom. The molecular formula is C12H20BrNOS. The Bertz CT molecular complexity index is 303. The molecule has 2 unspecified atom stereocenters. The lowest BCUT2D eigenvalue weighted by Crippen LogP contribution is -2.34. The van der Waals surface area contributed by atoms with Crippen LogP contribution < -0.4 is 5.32 Å². The number of ether oxygens (including phenoxy) is 1. The largest absolute Gasteiger partial charge is 0.382 e. The molecule has 1 N–H and O–H groups in total. The summed E-state index contributed by atoms with van der Waals surface area (Å²) in [4.78, 5) is 1.42. The molecule has 92 valence electrons. The fourth-order valence-corrected chi connectivity index (χ4v) is 3.26. The normalized spacial score (nSPS) is 15.0. The minimum absolute atomic E-state index is 0.312. The Morgan fingerprint density at radius 1 is 1.56 bits per heavy atom. The van der Waals surface area contributed by atoms with Crippen molar-refractivity contribution in [2.75, 3.05) is 13.7 Å². The van der Waals surface area contributed by atoms with E-state index in [0.29, 0.717) is 12.1 Å². The van der Waals surface area contributed by atoms with Crippen molar-refractivity contribution in [2.45, 2.75) is 38.8 Å². The highest BCUT2D eigenvalue weighted by Crippen LogP contribution is 2.22. The molecule has 0 aliphatic carbocycles. The van der Waals surface area contributed by atoms with Gasteiger partial charge in [-0.15, -0.1) is 11.3 Å². The number of methoxy groups -OCH3 is 1. The van der Waals surface area contributed by atoms with Crippen LogP contribution in [-0.2, 0) is 11.2 Å². The van der Waals surface area contributed by atoms with Gasteiger partial charge in [0.1, 0.15) is 0 Å². The van der Waals surface area contributed by atoms with Crippen LogP contribution in [0, 0.1) is 0 Å². The molecule has 0 saturated carbocycles. The van der Waals surface area contributed by atoms with Gasteiger partial charge in [-0.3, -0.25) is 0 Å². The molecule has 0 bridgehead atoms. The average molecular weight is 306 g/mol. The molecule has 0 amide bonds. The second-order valence-electron chi connectivity index (χ2n) is 3.97. The first kappa shape index (κ1) is 14.2. The summed E-state index contributed by atoms with van der Waals surface area (Å²) >= 11 is 5.30. The Labute approximate surface area is 111 Å². The van der Waals surface area contributed by atoms with Gasteiger partial charge in [0.25, 0.3) is 0 Å². The first-order chi connectivity index (χ1) is 7.65. The van der Waals surface area contributed by atoms with Crippen LogP contribution in [0.25, 0.3) is 0 Å². The molecule has 0 aliphatic heterocycles. The van der Waals surface area contributed by atoms with E-state index in [1.807, 2.05) is 11.3 Å². The molecule has 2 atom stereocenters. The van der Waals surface area contributed by atoms with Gasteiger partial charge in [-0.05, 0) is 48.3 Å². The molecule has 2 nitrogen and oxygen atoms in total. The van der Waals surface area contributed by atoms with Crippen LogP contribution in [0.4, 0.5) is 0 Å². The number of hydrogen-bond acceptors (Lipinski definition) is 3. The maximum atomic E-state index is 5.32. The molecular weight excluding hydrogens is 286 g/mol. The number of nitrogens with one attached hydrogen (secondary N) is 1. The number of thiophene rings is 1. The predicted molar refractivity (Wildman–Crippen MR) is 74.3 cm³/mol.